The molecule has 0 unspecified atom stereocenters. The van der Waals surface area contributed by atoms with Gasteiger partial charge in [0.1, 0.15) is 5.52 Å². The zero-order valence-electron chi connectivity index (χ0n) is 12.2. The zero-order valence-corrected chi connectivity index (χ0v) is 13.0. The Morgan fingerprint density at radius 3 is 2.52 bits per heavy atom. The van der Waals surface area contributed by atoms with Gasteiger partial charge in [-0.2, -0.15) is 5.10 Å². The molecule has 3 aromatic heterocycles. The van der Waals surface area contributed by atoms with Crippen molar-refractivity contribution in [2.75, 3.05) is 0 Å². The number of pyridine rings is 1. The molecule has 0 bridgehead atoms. The summed E-state index contributed by atoms with van der Waals surface area (Å²) >= 11 is 1.75. The van der Waals surface area contributed by atoms with Gasteiger partial charge in [0, 0.05) is 17.8 Å². The van der Waals surface area contributed by atoms with E-state index in [1.54, 1.807) is 11.3 Å². The molecule has 104 valence electrons. The molecule has 0 radical (unpaired) electrons. The second kappa shape index (κ2) is 4.40. The Bertz CT molecular complexity index is 978. The molecule has 0 N–H and O–H groups in total. The molecule has 0 aliphatic carbocycles. The Balaban J connectivity index is 2.25. The first-order valence-electron chi connectivity index (χ1n) is 6.93. The Kier molecular flexibility index (Phi) is 2.62. The summed E-state index contributed by atoms with van der Waals surface area (Å²) in [7, 11) is 1.99. The molecule has 0 amide bonds. The maximum absolute atomic E-state index is 4.95. The molecule has 3 heterocycles. The van der Waals surface area contributed by atoms with Crippen LogP contribution in [0.5, 0.6) is 0 Å². The third-order valence-electron chi connectivity index (χ3n) is 3.93. The van der Waals surface area contributed by atoms with E-state index in [9.17, 15) is 0 Å². The number of hydrogen-bond donors (Lipinski definition) is 0. The van der Waals surface area contributed by atoms with Gasteiger partial charge in [0.15, 0.2) is 0 Å². The minimum Gasteiger partial charge on any atom is -0.265 e. The molecule has 0 atom stereocenters. The van der Waals surface area contributed by atoms with Crippen molar-refractivity contribution in [1.29, 1.82) is 0 Å². The number of aromatic nitrogens is 3. The topological polar surface area (TPSA) is 30.7 Å². The van der Waals surface area contributed by atoms with Gasteiger partial charge in [0.25, 0.3) is 0 Å². The molecule has 0 saturated heterocycles. The summed E-state index contributed by atoms with van der Waals surface area (Å²) in [5, 5.41) is 9.08. The highest BCUT2D eigenvalue weighted by Crippen LogP contribution is 2.36. The standard InChI is InChI=1S/C17H15N3S/c1-10-8-9-21-17(10)15-12-6-4-5-7-13(12)16-14(18-15)11(2)19-20(16)3/h4-9H,1-3H3. The van der Waals surface area contributed by atoms with Crippen LogP contribution in [-0.4, -0.2) is 14.8 Å². The molecule has 4 rings (SSSR count). The van der Waals surface area contributed by atoms with Gasteiger partial charge in [-0.15, -0.1) is 11.3 Å². The third kappa shape index (κ3) is 1.72. The largest absolute Gasteiger partial charge is 0.265 e. The number of fused-ring (bicyclic) bond motifs is 3. The van der Waals surface area contributed by atoms with Gasteiger partial charge in [-0.25, -0.2) is 4.98 Å². The Labute approximate surface area is 126 Å². The number of hydrogen-bond acceptors (Lipinski definition) is 3. The number of rotatable bonds is 1. The Morgan fingerprint density at radius 2 is 1.81 bits per heavy atom. The van der Waals surface area contributed by atoms with Crippen molar-refractivity contribution in [1.82, 2.24) is 14.8 Å². The van der Waals surface area contributed by atoms with Crippen molar-refractivity contribution in [3.63, 3.8) is 0 Å². The second-order valence-electron chi connectivity index (χ2n) is 5.34. The molecular weight excluding hydrogens is 278 g/mol. The van der Waals surface area contributed by atoms with Crippen LogP contribution in [-0.2, 0) is 7.05 Å². The van der Waals surface area contributed by atoms with Gasteiger partial charge in [-0.3, -0.25) is 4.68 Å². The molecule has 0 aliphatic heterocycles. The minimum absolute atomic E-state index is 0.980. The highest BCUT2D eigenvalue weighted by atomic mass is 32.1. The van der Waals surface area contributed by atoms with Gasteiger partial charge in [0.2, 0.25) is 0 Å². The number of benzene rings is 1. The molecule has 0 spiro atoms. The quantitative estimate of drug-likeness (QED) is 0.518. The molecule has 1 aromatic carbocycles. The number of aryl methyl sites for hydroxylation is 3. The third-order valence-corrected chi connectivity index (χ3v) is 4.95. The second-order valence-corrected chi connectivity index (χ2v) is 6.26. The lowest BCUT2D eigenvalue weighted by Crippen LogP contribution is -1.93. The number of nitrogens with zero attached hydrogens (tertiary/aromatic N) is 3. The van der Waals surface area contributed by atoms with Crippen molar-refractivity contribution in [3.05, 3.63) is 47.0 Å². The molecule has 0 aliphatic rings. The van der Waals surface area contributed by atoms with E-state index in [4.69, 9.17) is 4.98 Å². The summed E-state index contributed by atoms with van der Waals surface area (Å²) in [5.74, 6) is 0. The van der Waals surface area contributed by atoms with E-state index in [0.29, 0.717) is 0 Å². The molecule has 0 saturated carbocycles. The van der Waals surface area contributed by atoms with Gasteiger partial charge < -0.3 is 0 Å². The molecule has 4 heteroatoms. The Morgan fingerprint density at radius 1 is 1.05 bits per heavy atom. The van der Waals surface area contributed by atoms with Gasteiger partial charge in [-0.05, 0) is 30.9 Å². The predicted octanol–water partition coefficient (Wildman–Crippen LogP) is 4.47. The number of thiophene rings is 1. The summed E-state index contributed by atoms with van der Waals surface area (Å²) in [5.41, 5.74) is 5.44. The van der Waals surface area contributed by atoms with E-state index in [2.05, 4.69) is 47.7 Å². The van der Waals surface area contributed by atoms with Crippen LogP contribution in [0.25, 0.3) is 32.4 Å². The summed E-state index contributed by atoms with van der Waals surface area (Å²) < 4.78 is 1.94. The molecular formula is C17H15N3S. The van der Waals surface area contributed by atoms with Crippen molar-refractivity contribution >= 4 is 33.1 Å². The SMILES string of the molecule is Cc1ccsc1-c1nc2c(C)nn(C)c2c2ccccc12. The van der Waals surface area contributed by atoms with Crippen LogP contribution >= 0.6 is 11.3 Å². The normalized spacial score (nSPS) is 11.6. The van der Waals surface area contributed by atoms with Crippen LogP contribution < -0.4 is 0 Å². The van der Waals surface area contributed by atoms with Crippen molar-refractivity contribution in [2.45, 2.75) is 13.8 Å². The van der Waals surface area contributed by atoms with Gasteiger partial charge >= 0.3 is 0 Å². The van der Waals surface area contributed by atoms with Crippen LogP contribution in [0.4, 0.5) is 0 Å². The molecule has 4 aromatic rings. The van der Waals surface area contributed by atoms with Crippen molar-refractivity contribution in [2.24, 2.45) is 7.05 Å². The maximum Gasteiger partial charge on any atom is 0.113 e. The minimum atomic E-state index is 0.980. The monoisotopic (exact) mass is 293 g/mol. The lowest BCUT2D eigenvalue weighted by Gasteiger charge is -2.08. The van der Waals surface area contributed by atoms with E-state index in [1.807, 2.05) is 18.7 Å². The van der Waals surface area contributed by atoms with Crippen LogP contribution in [0.15, 0.2) is 35.7 Å². The first-order chi connectivity index (χ1) is 10.2. The van der Waals surface area contributed by atoms with Crippen molar-refractivity contribution < 1.29 is 0 Å². The summed E-state index contributed by atoms with van der Waals surface area (Å²) in [6.07, 6.45) is 0. The van der Waals surface area contributed by atoms with Crippen LogP contribution in [0.2, 0.25) is 0 Å². The van der Waals surface area contributed by atoms with E-state index in [1.165, 1.54) is 21.2 Å². The maximum atomic E-state index is 4.95. The lowest BCUT2D eigenvalue weighted by molar-refractivity contribution is 0.785. The van der Waals surface area contributed by atoms with E-state index in [0.717, 1.165) is 22.4 Å². The molecule has 3 nitrogen and oxygen atoms in total. The van der Waals surface area contributed by atoms with E-state index < -0.39 is 0 Å². The smallest absolute Gasteiger partial charge is 0.113 e. The predicted molar refractivity (Wildman–Crippen MR) is 88.8 cm³/mol. The average molecular weight is 293 g/mol. The molecule has 0 fully saturated rings. The summed E-state index contributed by atoms with van der Waals surface area (Å²) in [4.78, 5) is 6.20. The Hall–Kier alpha value is -2.20. The first-order valence-corrected chi connectivity index (χ1v) is 7.81. The fraction of sp³-hybridized carbons (Fsp3) is 0.176. The van der Waals surface area contributed by atoms with E-state index in [-0.39, 0.29) is 0 Å². The molecule has 21 heavy (non-hydrogen) atoms. The van der Waals surface area contributed by atoms with Gasteiger partial charge in [-0.1, -0.05) is 24.3 Å². The lowest BCUT2D eigenvalue weighted by atomic mass is 10.1. The van der Waals surface area contributed by atoms with Crippen LogP contribution in [0.1, 0.15) is 11.3 Å². The first kappa shape index (κ1) is 12.5. The highest BCUT2D eigenvalue weighted by molar-refractivity contribution is 7.13. The van der Waals surface area contributed by atoms with Crippen LogP contribution in [0, 0.1) is 13.8 Å². The fourth-order valence-electron chi connectivity index (χ4n) is 2.94. The summed E-state index contributed by atoms with van der Waals surface area (Å²) in [6.45, 7) is 4.16. The van der Waals surface area contributed by atoms with Gasteiger partial charge in [0.05, 0.1) is 21.8 Å². The van der Waals surface area contributed by atoms with E-state index >= 15 is 0 Å². The van der Waals surface area contributed by atoms with Crippen LogP contribution in [0.3, 0.4) is 0 Å². The van der Waals surface area contributed by atoms with Crippen molar-refractivity contribution in [3.8, 4) is 10.6 Å². The zero-order chi connectivity index (χ0) is 14.6. The average Bonchev–Trinajstić information content (AvgIpc) is 3.02. The fourth-order valence-corrected chi connectivity index (χ4v) is 3.87. The summed E-state index contributed by atoms with van der Waals surface area (Å²) in [6, 6.07) is 10.6. The highest BCUT2D eigenvalue weighted by Gasteiger charge is 2.16.